The lowest BCUT2D eigenvalue weighted by Crippen LogP contribution is -2.03. The van der Waals surface area contributed by atoms with Gasteiger partial charge in [-0.25, -0.2) is 0 Å². The van der Waals surface area contributed by atoms with Crippen molar-refractivity contribution in [3.05, 3.63) is 18.2 Å². The van der Waals surface area contributed by atoms with Crippen LogP contribution in [0.3, 0.4) is 0 Å². The van der Waals surface area contributed by atoms with Crippen LogP contribution in [-0.2, 0) is 0 Å². The summed E-state index contributed by atoms with van der Waals surface area (Å²) in [6, 6.07) is 5.72. The van der Waals surface area contributed by atoms with E-state index in [1.54, 1.807) is 0 Å². The standard InChI is InChI=1S/C11H18N2O/c1-9(2)7-8-14-11-6-4-5-10(12-3)13-11/h4-6,9H,7-8H2,1-3H3,(H,12,13). The molecule has 14 heavy (non-hydrogen) atoms. The third-order valence-corrected chi connectivity index (χ3v) is 1.92. The number of ether oxygens (including phenoxy) is 1. The molecule has 0 unspecified atom stereocenters. The molecule has 0 aliphatic carbocycles. The molecule has 1 aromatic rings. The van der Waals surface area contributed by atoms with Gasteiger partial charge in [0.05, 0.1) is 6.61 Å². The first-order chi connectivity index (χ1) is 6.72. The van der Waals surface area contributed by atoms with Gasteiger partial charge in [0.25, 0.3) is 0 Å². The van der Waals surface area contributed by atoms with Gasteiger partial charge < -0.3 is 10.1 Å². The number of nitrogens with zero attached hydrogens (tertiary/aromatic N) is 1. The van der Waals surface area contributed by atoms with Crippen LogP contribution in [0.5, 0.6) is 5.88 Å². The van der Waals surface area contributed by atoms with Crippen molar-refractivity contribution in [2.75, 3.05) is 19.0 Å². The summed E-state index contributed by atoms with van der Waals surface area (Å²) in [5.74, 6) is 2.20. The highest BCUT2D eigenvalue weighted by atomic mass is 16.5. The van der Waals surface area contributed by atoms with E-state index in [9.17, 15) is 0 Å². The average Bonchev–Trinajstić information content (AvgIpc) is 2.18. The van der Waals surface area contributed by atoms with Crippen molar-refractivity contribution in [3.63, 3.8) is 0 Å². The van der Waals surface area contributed by atoms with Crippen molar-refractivity contribution in [2.45, 2.75) is 20.3 Å². The minimum Gasteiger partial charge on any atom is -0.478 e. The fourth-order valence-corrected chi connectivity index (χ4v) is 1.03. The lowest BCUT2D eigenvalue weighted by molar-refractivity contribution is 0.280. The first-order valence-corrected chi connectivity index (χ1v) is 5.00. The molecule has 0 aliphatic heterocycles. The van der Waals surface area contributed by atoms with Crippen LogP contribution < -0.4 is 10.1 Å². The Kier molecular flexibility index (Phi) is 4.23. The largest absolute Gasteiger partial charge is 0.478 e. The van der Waals surface area contributed by atoms with Crippen LogP contribution in [-0.4, -0.2) is 18.6 Å². The molecule has 0 aliphatic rings. The van der Waals surface area contributed by atoms with Crippen molar-refractivity contribution in [2.24, 2.45) is 5.92 Å². The van der Waals surface area contributed by atoms with Crippen molar-refractivity contribution in [1.82, 2.24) is 4.98 Å². The van der Waals surface area contributed by atoms with Gasteiger partial charge in [-0.1, -0.05) is 19.9 Å². The molecule has 3 heteroatoms. The Morgan fingerprint density at radius 3 is 2.86 bits per heavy atom. The zero-order chi connectivity index (χ0) is 10.4. The maximum atomic E-state index is 5.51. The highest BCUT2D eigenvalue weighted by Gasteiger charge is 1.98. The first-order valence-electron chi connectivity index (χ1n) is 5.00. The molecular weight excluding hydrogens is 176 g/mol. The molecule has 1 rings (SSSR count). The van der Waals surface area contributed by atoms with Crippen molar-refractivity contribution in [3.8, 4) is 5.88 Å². The maximum absolute atomic E-state index is 5.51. The minimum atomic E-state index is 0.669. The molecule has 78 valence electrons. The predicted octanol–water partition coefficient (Wildman–Crippen LogP) is 2.55. The smallest absolute Gasteiger partial charge is 0.215 e. The van der Waals surface area contributed by atoms with E-state index >= 15 is 0 Å². The zero-order valence-corrected chi connectivity index (χ0v) is 9.08. The molecule has 1 aromatic heterocycles. The van der Waals surface area contributed by atoms with Gasteiger partial charge in [-0.15, -0.1) is 0 Å². The third-order valence-electron chi connectivity index (χ3n) is 1.92. The Labute approximate surface area is 85.5 Å². The van der Waals surface area contributed by atoms with Gasteiger partial charge in [0.15, 0.2) is 0 Å². The molecule has 3 nitrogen and oxygen atoms in total. The predicted molar refractivity (Wildman–Crippen MR) is 58.7 cm³/mol. The zero-order valence-electron chi connectivity index (χ0n) is 9.08. The topological polar surface area (TPSA) is 34.1 Å². The monoisotopic (exact) mass is 194 g/mol. The van der Waals surface area contributed by atoms with E-state index in [0.29, 0.717) is 11.8 Å². The van der Waals surface area contributed by atoms with Crippen LogP contribution in [0.4, 0.5) is 5.82 Å². The van der Waals surface area contributed by atoms with Gasteiger partial charge in [0.1, 0.15) is 5.82 Å². The number of hydrogen-bond donors (Lipinski definition) is 1. The second-order valence-corrected chi connectivity index (χ2v) is 3.64. The highest BCUT2D eigenvalue weighted by molar-refractivity contribution is 5.35. The molecule has 0 spiro atoms. The van der Waals surface area contributed by atoms with E-state index in [0.717, 1.165) is 18.8 Å². The summed E-state index contributed by atoms with van der Waals surface area (Å²) >= 11 is 0. The van der Waals surface area contributed by atoms with E-state index in [2.05, 4.69) is 24.1 Å². The Morgan fingerprint density at radius 2 is 2.21 bits per heavy atom. The number of aromatic nitrogens is 1. The van der Waals surface area contributed by atoms with Gasteiger partial charge in [-0.3, -0.25) is 0 Å². The molecule has 0 bridgehead atoms. The lowest BCUT2D eigenvalue weighted by atomic mass is 10.1. The summed E-state index contributed by atoms with van der Waals surface area (Å²) in [5, 5.41) is 2.98. The van der Waals surface area contributed by atoms with E-state index in [1.807, 2.05) is 25.2 Å². The summed E-state index contributed by atoms with van der Waals surface area (Å²) < 4.78 is 5.51. The van der Waals surface area contributed by atoms with Crippen molar-refractivity contribution < 1.29 is 4.74 Å². The highest BCUT2D eigenvalue weighted by Crippen LogP contribution is 2.11. The summed E-state index contributed by atoms with van der Waals surface area (Å²) in [6.45, 7) is 5.10. The van der Waals surface area contributed by atoms with Crippen LogP contribution in [0.2, 0.25) is 0 Å². The normalized spacial score (nSPS) is 10.3. The Morgan fingerprint density at radius 1 is 1.43 bits per heavy atom. The number of anilines is 1. The fraction of sp³-hybridized carbons (Fsp3) is 0.545. The molecule has 0 radical (unpaired) electrons. The number of pyridine rings is 1. The molecule has 1 heterocycles. The van der Waals surface area contributed by atoms with E-state index in [1.165, 1.54) is 0 Å². The van der Waals surface area contributed by atoms with E-state index < -0.39 is 0 Å². The lowest BCUT2D eigenvalue weighted by Gasteiger charge is -2.07. The maximum Gasteiger partial charge on any atom is 0.215 e. The summed E-state index contributed by atoms with van der Waals surface area (Å²) in [6.07, 6.45) is 1.06. The molecule has 0 fully saturated rings. The molecule has 0 aromatic carbocycles. The molecule has 0 saturated carbocycles. The summed E-state index contributed by atoms with van der Waals surface area (Å²) in [7, 11) is 1.85. The van der Waals surface area contributed by atoms with Crippen LogP contribution in [0.1, 0.15) is 20.3 Å². The third kappa shape index (κ3) is 3.64. The molecule has 0 atom stereocenters. The van der Waals surface area contributed by atoms with Crippen LogP contribution in [0.15, 0.2) is 18.2 Å². The first kappa shape index (κ1) is 10.8. The quantitative estimate of drug-likeness (QED) is 0.782. The Hall–Kier alpha value is -1.25. The average molecular weight is 194 g/mol. The van der Waals surface area contributed by atoms with Gasteiger partial charge in [0.2, 0.25) is 5.88 Å². The molecule has 1 N–H and O–H groups in total. The molecule has 0 amide bonds. The van der Waals surface area contributed by atoms with Gasteiger partial charge in [-0.2, -0.15) is 4.98 Å². The minimum absolute atomic E-state index is 0.669. The van der Waals surface area contributed by atoms with E-state index in [4.69, 9.17) is 4.74 Å². The molecular formula is C11H18N2O. The van der Waals surface area contributed by atoms with Crippen molar-refractivity contribution >= 4 is 5.82 Å². The second-order valence-electron chi connectivity index (χ2n) is 3.64. The van der Waals surface area contributed by atoms with Crippen LogP contribution in [0.25, 0.3) is 0 Å². The Balaban J connectivity index is 2.42. The van der Waals surface area contributed by atoms with Crippen LogP contribution >= 0.6 is 0 Å². The van der Waals surface area contributed by atoms with Crippen molar-refractivity contribution in [1.29, 1.82) is 0 Å². The number of rotatable bonds is 5. The Bertz CT molecular complexity index is 274. The number of hydrogen-bond acceptors (Lipinski definition) is 3. The summed E-state index contributed by atoms with van der Waals surface area (Å²) in [5.41, 5.74) is 0. The summed E-state index contributed by atoms with van der Waals surface area (Å²) in [4.78, 5) is 4.25. The fourth-order valence-electron chi connectivity index (χ4n) is 1.03. The van der Waals surface area contributed by atoms with Gasteiger partial charge >= 0.3 is 0 Å². The van der Waals surface area contributed by atoms with Gasteiger partial charge in [0, 0.05) is 13.1 Å². The number of nitrogens with one attached hydrogen (secondary N) is 1. The van der Waals surface area contributed by atoms with Crippen LogP contribution in [0, 0.1) is 5.92 Å². The second kappa shape index (κ2) is 5.47. The van der Waals surface area contributed by atoms with Gasteiger partial charge in [-0.05, 0) is 18.4 Å². The molecule has 0 saturated heterocycles. The SMILES string of the molecule is CNc1cccc(OCCC(C)C)n1. The van der Waals surface area contributed by atoms with E-state index in [-0.39, 0.29) is 0 Å².